The van der Waals surface area contributed by atoms with E-state index in [1.165, 1.54) is 11.3 Å². The molecule has 0 aliphatic carbocycles. The van der Waals surface area contributed by atoms with Gasteiger partial charge in [-0.15, -0.1) is 11.3 Å². The number of hydrogen-bond acceptors (Lipinski definition) is 5. The number of methoxy groups -OCH3 is 1. The molecule has 112 valence electrons. The van der Waals surface area contributed by atoms with Crippen LogP contribution in [0.2, 0.25) is 0 Å². The summed E-state index contributed by atoms with van der Waals surface area (Å²) in [5, 5.41) is 5.52. The molecule has 0 saturated heterocycles. The standard InChI is InChI=1S/C14H19N5OS/c1-20-6-5-17-13(16)19-14-18-12(9-21-14)11-4-2-3-10(7-11)8-15/h2-4,7,9H,5-6,8,15H2,1H3,(H3,16,17,18,19). The number of nitrogens with zero attached hydrogens (tertiary/aromatic N) is 2. The van der Waals surface area contributed by atoms with Gasteiger partial charge in [0, 0.05) is 31.1 Å². The summed E-state index contributed by atoms with van der Waals surface area (Å²) in [7, 11) is 1.64. The number of benzene rings is 1. The summed E-state index contributed by atoms with van der Waals surface area (Å²) in [5.74, 6) is 0.337. The molecule has 0 bridgehead atoms. The van der Waals surface area contributed by atoms with Crippen LogP contribution >= 0.6 is 11.3 Å². The van der Waals surface area contributed by atoms with Crippen molar-refractivity contribution in [1.82, 2.24) is 10.3 Å². The third kappa shape index (κ3) is 4.52. The summed E-state index contributed by atoms with van der Waals surface area (Å²) in [6, 6.07) is 8.00. The number of nitrogens with two attached hydrogens (primary N) is 2. The minimum absolute atomic E-state index is 0.337. The number of guanidine groups is 1. The Balaban J connectivity index is 2.08. The minimum atomic E-state index is 0.337. The average molecular weight is 305 g/mol. The number of nitrogens with one attached hydrogen (secondary N) is 1. The zero-order valence-electron chi connectivity index (χ0n) is 11.9. The summed E-state index contributed by atoms with van der Waals surface area (Å²) in [4.78, 5) is 8.69. The fraction of sp³-hybridized carbons (Fsp3) is 0.286. The molecular formula is C14H19N5OS. The first kappa shape index (κ1) is 15.4. The Morgan fingerprint density at radius 3 is 3.10 bits per heavy atom. The Hall–Kier alpha value is -1.96. The van der Waals surface area contributed by atoms with Gasteiger partial charge in [0.1, 0.15) is 0 Å². The minimum Gasteiger partial charge on any atom is -0.383 e. The highest BCUT2D eigenvalue weighted by Gasteiger charge is 2.05. The van der Waals surface area contributed by atoms with Crippen LogP contribution in [0.1, 0.15) is 5.56 Å². The first-order valence-corrected chi connectivity index (χ1v) is 7.42. The molecule has 5 N–H and O–H groups in total. The van der Waals surface area contributed by atoms with Crippen molar-refractivity contribution < 1.29 is 4.74 Å². The normalized spacial score (nSPS) is 11.6. The second kappa shape index (κ2) is 7.72. The Morgan fingerprint density at radius 2 is 2.33 bits per heavy atom. The van der Waals surface area contributed by atoms with Gasteiger partial charge in [-0.1, -0.05) is 18.2 Å². The van der Waals surface area contributed by atoms with Gasteiger partial charge in [0.15, 0.2) is 5.96 Å². The van der Waals surface area contributed by atoms with Crippen molar-refractivity contribution in [3.63, 3.8) is 0 Å². The van der Waals surface area contributed by atoms with Crippen LogP contribution in [0.3, 0.4) is 0 Å². The van der Waals surface area contributed by atoms with Crippen LogP contribution in [0.25, 0.3) is 11.3 Å². The molecule has 1 aromatic carbocycles. The van der Waals surface area contributed by atoms with Crippen molar-refractivity contribution in [2.75, 3.05) is 20.3 Å². The first-order chi connectivity index (χ1) is 10.2. The topological polar surface area (TPSA) is 98.5 Å². The largest absolute Gasteiger partial charge is 0.383 e. The maximum absolute atomic E-state index is 5.77. The van der Waals surface area contributed by atoms with Crippen LogP contribution in [-0.4, -0.2) is 31.2 Å². The van der Waals surface area contributed by atoms with E-state index in [1.54, 1.807) is 7.11 Å². The highest BCUT2D eigenvalue weighted by molar-refractivity contribution is 7.13. The van der Waals surface area contributed by atoms with Crippen molar-refractivity contribution in [2.24, 2.45) is 16.5 Å². The Morgan fingerprint density at radius 1 is 1.48 bits per heavy atom. The summed E-state index contributed by atoms with van der Waals surface area (Å²) >= 11 is 1.44. The molecule has 2 aromatic rings. The molecule has 0 aliphatic rings. The van der Waals surface area contributed by atoms with Crippen LogP contribution in [0, 0.1) is 0 Å². The van der Waals surface area contributed by atoms with Crippen molar-refractivity contribution in [3.05, 3.63) is 35.2 Å². The molecule has 0 amide bonds. The van der Waals surface area contributed by atoms with E-state index in [1.807, 2.05) is 29.6 Å². The van der Waals surface area contributed by atoms with Gasteiger partial charge in [-0.05, 0) is 11.6 Å². The maximum atomic E-state index is 5.77. The Kier molecular flexibility index (Phi) is 5.68. The summed E-state index contributed by atoms with van der Waals surface area (Å²) < 4.78 is 4.93. The SMILES string of the molecule is COCCN/C(N)=N/c1nc(-c2cccc(CN)c2)cs1. The number of aliphatic imine (C=N–C) groups is 1. The zero-order valence-corrected chi connectivity index (χ0v) is 12.7. The number of thiazole rings is 1. The van der Waals surface area contributed by atoms with E-state index in [2.05, 4.69) is 15.3 Å². The predicted octanol–water partition coefficient (Wildman–Crippen LogP) is 1.45. The predicted molar refractivity (Wildman–Crippen MR) is 86.6 cm³/mol. The van der Waals surface area contributed by atoms with Crippen molar-refractivity contribution in [1.29, 1.82) is 0 Å². The molecule has 1 aromatic heterocycles. The fourth-order valence-corrected chi connectivity index (χ4v) is 2.44. The average Bonchev–Trinajstić information content (AvgIpc) is 2.96. The lowest BCUT2D eigenvalue weighted by Gasteiger charge is -2.02. The smallest absolute Gasteiger partial charge is 0.212 e. The zero-order chi connectivity index (χ0) is 15.1. The lowest BCUT2D eigenvalue weighted by molar-refractivity contribution is 0.204. The molecule has 0 spiro atoms. The van der Waals surface area contributed by atoms with Gasteiger partial charge in [-0.2, -0.15) is 4.99 Å². The van der Waals surface area contributed by atoms with Crippen molar-refractivity contribution in [3.8, 4) is 11.3 Å². The van der Waals surface area contributed by atoms with Gasteiger partial charge in [0.25, 0.3) is 0 Å². The summed E-state index contributed by atoms with van der Waals surface area (Å²) in [5.41, 5.74) is 14.4. The number of aromatic nitrogens is 1. The van der Waals surface area contributed by atoms with Crippen LogP contribution in [0.5, 0.6) is 0 Å². The molecule has 1 heterocycles. The molecule has 2 rings (SSSR count). The lowest BCUT2D eigenvalue weighted by Crippen LogP contribution is -2.33. The number of rotatable bonds is 6. The van der Waals surface area contributed by atoms with Gasteiger partial charge in [-0.3, -0.25) is 0 Å². The van der Waals surface area contributed by atoms with E-state index >= 15 is 0 Å². The van der Waals surface area contributed by atoms with E-state index in [-0.39, 0.29) is 0 Å². The number of hydrogen-bond donors (Lipinski definition) is 3. The molecule has 21 heavy (non-hydrogen) atoms. The molecule has 0 fully saturated rings. The highest BCUT2D eigenvalue weighted by Crippen LogP contribution is 2.27. The van der Waals surface area contributed by atoms with Crippen LogP contribution in [0.15, 0.2) is 34.6 Å². The Bertz CT molecular complexity index is 611. The third-order valence-electron chi connectivity index (χ3n) is 2.78. The van der Waals surface area contributed by atoms with Gasteiger partial charge in [0.05, 0.1) is 12.3 Å². The maximum Gasteiger partial charge on any atom is 0.212 e. The van der Waals surface area contributed by atoms with Crippen molar-refractivity contribution >= 4 is 22.4 Å². The molecule has 0 saturated carbocycles. The second-order valence-corrected chi connectivity index (χ2v) is 5.17. The molecule has 6 nitrogen and oxygen atoms in total. The van der Waals surface area contributed by atoms with E-state index < -0.39 is 0 Å². The van der Waals surface area contributed by atoms with E-state index in [4.69, 9.17) is 16.2 Å². The van der Waals surface area contributed by atoms with Crippen LogP contribution in [-0.2, 0) is 11.3 Å². The molecule has 0 atom stereocenters. The molecule has 0 aliphatic heterocycles. The summed E-state index contributed by atoms with van der Waals surface area (Å²) in [6.45, 7) is 1.70. The molecular weight excluding hydrogens is 286 g/mol. The van der Waals surface area contributed by atoms with Gasteiger partial charge in [0.2, 0.25) is 5.13 Å². The first-order valence-electron chi connectivity index (χ1n) is 6.55. The van der Waals surface area contributed by atoms with Gasteiger partial charge >= 0.3 is 0 Å². The number of ether oxygens (including phenoxy) is 1. The monoisotopic (exact) mass is 305 g/mol. The van der Waals surface area contributed by atoms with E-state index in [0.29, 0.717) is 30.8 Å². The lowest BCUT2D eigenvalue weighted by atomic mass is 10.1. The quantitative estimate of drug-likeness (QED) is 0.426. The second-order valence-electron chi connectivity index (χ2n) is 4.34. The van der Waals surface area contributed by atoms with Crippen LogP contribution in [0.4, 0.5) is 5.13 Å². The van der Waals surface area contributed by atoms with Crippen LogP contribution < -0.4 is 16.8 Å². The third-order valence-corrected chi connectivity index (χ3v) is 3.51. The van der Waals surface area contributed by atoms with Gasteiger partial charge in [-0.25, -0.2) is 4.98 Å². The summed E-state index contributed by atoms with van der Waals surface area (Å²) in [6.07, 6.45) is 0. The highest BCUT2D eigenvalue weighted by atomic mass is 32.1. The molecule has 0 unspecified atom stereocenters. The molecule has 7 heteroatoms. The fourth-order valence-electron chi connectivity index (χ4n) is 1.73. The van der Waals surface area contributed by atoms with Gasteiger partial charge < -0.3 is 21.5 Å². The van der Waals surface area contributed by atoms with E-state index in [9.17, 15) is 0 Å². The van der Waals surface area contributed by atoms with E-state index in [0.717, 1.165) is 16.8 Å². The molecule has 0 radical (unpaired) electrons. The Labute approximate surface area is 127 Å². The van der Waals surface area contributed by atoms with Crippen molar-refractivity contribution in [2.45, 2.75) is 6.54 Å².